The summed E-state index contributed by atoms with van der Waals surface area (Å²) in [5.74, 6) is -0.218. The molecule has 3 aromatic rings. The number of aryl methyl sites for hydroxylation is 1. The van der Waals surface area contributed by atoms with E-state index in [0.717, 1.165) is 34.9 Å². The molecule has 2 aromatic carbocycles. The Morgan fingerprint density at radius 3 is 2.65 bits per heavy atom. The van der Waals surface area contributed by atoms with E-state index >= 15 is 0 Å². The fourth-order valence-corrected chi connectivity index (χ4v) is 2.79. The SMILES string of the molecule is Cc1ccccc1NC(=O)c1ccc(NCCc2cccc(Cl)c2)cn1. The maximum Gasteiger partial charge on any atom is 0.274 e. The summed E-state index contributed by atoms with van der Waals surface area (Å²) in [7, 11) is 0. The van der Waals surface area contributed by atoms with Crippen molar-refractivity contribution in [2.75, 3.05) is 17.2 Å². The van der Waals surface area contributed by atoms with E-state index in [-0.39, 0.29) is 5.91 Å². The summed E-state index contributed by atoms with van der Waals surface area (Å²) in [6.07, 6.45) is 2.53. The minimum Gasteiger partial charge on any atom is -0.383 e. The topological polar surface area (TPSA) is 54.0 Å². The molecule has 132 valence electrons. The van der Waals surface area contributed by atoms with Gasteiger partial charge in [0.05, 0.1) is 11.9 Å². The van der Waals surface area contributed by atoms with Gasteiger partial charge in [-0.3, -0.25) is 4.79 Å². The fraction of sp³-hybridized carbons (Fsp3) is 0.143. The molecule has 0 aliphatic carbocycles. The number of nitrogens with one attached hydrogen (secondary N) is 2. The molecule has 0 fully saturated rings. The molecule has 1 aromatic heterocycles. The largest absolute Gasteiger partial charge is 0.383 e. The standard InChI is InChI=1S/C21H20ClN3O/c1-15-5-2-3-8-19(15)25-21(26)20-10-9-18(14-24-20)23-12-11-16-6-4-7-17(22)13-16/h2-10,13-14,23H,11-12H2,1H3,(H,25,26). The quantitative estimate of drug-likeness (QED) is 0.649. The van der Waals surface area contributed by atoms with Crippen LogP contribution in [0.2, 0.25) is 5.02 Å². The van der Waals surface area contributed by atoms with Crippen molar-refractivity contribution in [2.24, 2.45) is 0 Å². The average molecular weight is 366 g/mol. The molecule has 3 rings (SSSR count). The van der Waals surface area contributed by atoms with Crippen LogP contribution in [-0.4, -0.2) is 17.4 Å². The molecule has 0 aliphatic rings. The van der Waals surface area contributed by atoms with Crippen molar-refractivity contribution >= 4 is 28.9 Å². The summed E-state index contributed by atoms with van der Waals surface area (Å²) < 4.78 is 0. The zero-order valence-electron chi connectivity index (χ0n) is 14.5. The summed E-state index contributed by atoms with van der Waals surface area (Å²) in [6, 6.07) is 19.0. The van der Waals surface area contributed by atoms with Crippen molar-refractivity contribution < 1.29 is 4.79 Å². The molecule has 0 saturated heterocycles. The number of carbonyl (C=O) groups is 1. The Hall–Kier alpha value is -2.85. The molecule has 26 heavy (non-hydrogen) atoms. The molecule has 0 radical (unpaired) electrons. The van der Waals surface area contributed by atoms with Crippen LogP contribution in [0.3, 0.4) is 0 Å². The smallest absolute Gasteiger partial charge is 0.274 e. The number of anilines is 2. The second-order valence-corrected chi connectivity index (χ2v) is 6.44. The van der Waals surface area contributed by atoms with Crippen LogP contribution in [0.15, 0.2) is 66.9 Å². The molecule has 1 heterocycles. The number of para-hydroxylation sites is 1. The van der Waals surface area contributed by atoms with Crippen LogP contribution >= 0.6 is 11.6 Å². The number of benzene rings is 2. The van der Waals surface area contributed by atoms with Gasteiger partial charge in [-0.1, -0.05) is 41.9 Å². The third kappa shape index (κ3) is 4.83. The van der Waals surface area contributed by atoms with E-state index in [4.69, 9.17) is 11.6 Å². The number of rotatable bonds is 6. The van der Waals surface area contributed by atoms with Crippen molar-refractivity contribution in [1.82, 2.24) is 4.98 Å². The molecule has 0 aliphatic heterocycles. The third-order valence-corrected chi connectivity index (χ3v) is 4.26. The highest BCUT2D eigenvalue weighted by Gasteiger charge is 2.08. The molecule has 1 amide bonds. The summed E-state index contributed by atoms with van der Waals surface area (Å²) in [4.78, 5) is 16.6. The van der Waals surface area contributed by atoms with Gasteiger partial charge in [0.15, 0.2) is 0 Å². The Balaban J connectivity index is 1.54. The monoisotopic (exact) mass is 365 g/mol. The van der Waals surface area contributed by atoms with E-state index in [1.165, 1.54) is 5.56 Å². The van der Waals surface area contributed by atoms with Gasteiger partial charge < -0.3 is 10.6 Å². The van der Waals surface area contributed by atoms with Crippen LogP contribution in [0.4, 0.5) is 11.4 Å². The molecule has 0 spiro atoms. The maximum atomic E-state index is 12.3. The zero-order valence-corrected chi connectivity index (χ0v) is 15.3. The lowest BCUT2D eigenvalue weighted by molar-refractivity contribution is 0.102. The molecule has 0 atom stereocenters. The van der Waals surface area contributed by atoms with E-state index in [1.807, 2.05) is 61.5 Å². The van der Waals surface area contributed by atoms with Crippen LogP contribution in [0.1, 0.15) is 21.6 Å². The number of amides is 1. The van der Waals surface area contributed by atoms with Crippen molar-refractivity contribution in [2.45, 2.75) is 13.3 Å². The molecule has 4 nitrogen and oxygen atoms in total. The normalized spacial score (nSPS) is 10.4. The Morgan fingerprint density at radius 1 is 1.08 bits per heavy atom. The summed E-state index contributed by atoms with van der Waals surface area (Å²) in [5.41, 5.74) is 4.24. The van der Waals surface area contributed by atoms with Gasteiger partial charge in [-0.15, -0.1) is 0 Å². The van der Waals surface area contributed by atoms with Crippen LogP contribution < -0.4 is 10.6 Å². The van der Waals surface area contributed by atoms with Crippen molar-refractivity contribution in [3.8, 4) is 0 Å². The Morgan fingerprint density at radius 2 is 1.92 bits per heavy atom. The van der Waals surface area contributed by atoms with Crippen molar-refractivity contribution in [1.29, 1.82) is 0 Å². The molecule has 2 N–H and O–H groups in total. The zero-order chi connectivity index (χ0) is 18.4. The number of carbonyl (C=O) groups excluding carboxylic acids is 1. The first-order valence-electron chi connectivity index (χ1n) is 8.43. The third-order valence-electron chi connectivity index (χ3n) is 4.02. The van der Waals surface area contributed by atoms with Gasteiger partial charge in [-0.25, -0.2) is 4.98 Å². The highest BCUT2D eigenvalue weighted by atomic mass is 35.5. The number of hydrogen-bond donors (Lipinski definition) is 2. The lowest BCUT2D eigenvalue weighted by Gasteiger charge is -2.09. The Bertz CT molecular complexity index is 894. The van der Waals surface area contributed by atoms with Gasteiger partial charge in [0.2, 0.25) is 0 Å². The number of halogens is 1. The first kappa shape index (κ1) is 18.0. The van der Waals surface area contributed by atoms with Crippen molar-refractivity contribution in [3.05, 3.63) is 88.7 Å². The van der Waals surface area contributed by atoms with E-state index < -0.39 is 0 Å². The van der Waals surface area contributed by atoms with Crippen LogP contribution in [0, 0.1) is 6.92 Å². The number of nitrogens with zero attached hydrogens (tertiary/aromatic N) is 1. The number of aromatic nitrogens is 1. The van der Waals surface area contributed by atoms with Gasteiger partial charge in [0.25, 0.3) is 5.91 Å². The lowest BCUT2D eigenvalue weighted by atomic mass is 10.1. The predicted molar refractivity (Wildman–Crippen MR) is 107 cm³/mol. The minimum absolute atomic E-state index is 0.218. The van der Waals surface area contributed by atoms with Gasteiger partial charge in [-0.05, 0) is 54.8 Å². The fourth-order valence-electron chi connectivity index (χ4n) is 2.58. The number of pyridine rings is 1. The maximum absolute atomic E-state index is 12.3. The first-order valence-corrected chi connectivity index (χ1v) is 8.81. The van der Waals surface area contributed by atoms with Crippen LogP contribution in [0.25, 0.3) is 0 Å². The first-order chi connectivity index (χ1) is 12.6. The molecule has 0 saturated carbocycles. The second-order valence-electron chi connectivity index (χ2n) is 6.01. The van der Waals surface area contributed by atoms with Crippen LogP contribution in [-0.2, 0) is 6.42 Å². The minimum atomic E-state index is -0.218. The molecule has 5 heteroatoms. The molecule has 0 unspecified atom stereocenters. The van der Waals surface area contributed by atoms with Gasteiger partial charge >= 0.3 is 0 Å². The van der Waals surface area contributed by atoms with Gasteiger partial charge in [0.1, 0.15) is 5.69 Å². The Labute approximate surface area is 158 Å². The predicted octanol–water partition coefficient (Wildman–Crippen LogP) is 4.95. The van der Waals surface area contributed by atoms with E-state index in [1.54, 1.807) is 12.3 Å². The van der Waals surface area contributed by atoms with E-state index in [9.17, 15) is 4.79 Å². The van der Waals surface area contributed by atoms with E-state index in [0.29, 0.717) is 5.69 Å². The molecular formula is C21H20ClN3O. The summed E-state index contributed by atoms with van der Waals surface area (Å²) >= 11 is 5.99. The highest BCUT2D eigenvalue weighted by Crippen LogP contribution is 2.15. The van der Waals surface area contributed by atoms with E-state index in [2.05, 4.69) is 15.6 Å². The Kier molecular flexibility index (Phi) is 5.87. The average Bonchev–Trinajstić information content (AvgIpc) is 2.64. The molecular weight excluding hydrogens is 346 g/mol. The number of hydrogen-bond acceptors (Lipinski definition) is 3. The summed E-state index contributed by atoms with van der Waals surface area (Å²) in [6.45, 7) is 2.72. The molecule has 0 bridgehead atoms. The van der Waals surface area contributed by atoms with Crippen molar-refractivity contribution in [3.63, 3.8) is 0 Å². The highest BCUT2D eigenvalue weighted by molar-refractivity contribution is 6.30. The van der Waals surface area contributed by atoms with Gasteiger partial charge in [0, 0.05) is 17.3 Å². The van der Waals surface area contributed by atoms with Crippen LogP contribution in [0.5, 0.6) is 0 Å². The second kappa shape index (κ2) is 8.50. The summed E-state index contributed by atoms with van der Waals surface area (Å²) in [5, 5.41) is 6.93. The van der Waals surface area contributed by atoms with Gasteiger partial charge in [-0.2, -0.15) is 0 Å². The lowest BCUT2D eigenvalue weighted by Crippen LogP contribution is -2.14.